The highest BCUT2D eigenvalue weighted by atomic mass is 32.1. The summed E-state index contributed by atoms with van der Waals surface area (Å²) in [7, 11) is 0. The maximum atomic E-state index is 12.9. The van der Waals surface area contributed by atoms with Crippen LogP contribution in [0.2, 0.25) is 0 Å². The van der Waals surface area contributed by atoms with Gasteiger partial charge in [0.1, 0.15) is 0 Å². The number of carbonyl (C=O) groups excluding carboxylic acids is 1. The summed E-state index contributed by atoms with van der Waals surface area (Å²) in [5, 5.41) is 11.4. The largest absolute Gasteiger partial charge is 0.356 e. The fourth-order valence-electron chi connectivity index (χ4n) is 4.96. The highest BCUT2D eigenvalue weighted by Gasteiger charge is 2.53. The van der Waals surface area contributed by atoms with Crippen molar-refractivity contribution in [3.63, 3.8) is 0 Å². The number of nitrogens with zero attached hydrogens (tertiary/aromatic N) is 2. The summed E-state index contributed by atoms with van der Waals surface area (Å²) in [5.74, 6) is 3.31. The molecule has 0 aromatic carbocycles. The maximum Gasteiger partial charge on any atom is 0.231 e. The number of hydrogen-bond acceptors (Lipinski definition) is 5. The van der Waals surface area contributed by atoms with Gasteiger partial charge >= 0.3 is 0 Å². The van der Waals surface area contributed by atoms with Crippen molar-refractivity contribution in [1.29, 1.82) is 0 Å². The van der Waals surface area contributed by atoms with Crippen molar-refractivity contribution in [2.45, 2.75) is 44.4 Å². The first kappa shape index (κ1) is 15.6. The molecule has 0 spiro atoms. The lowest BCUT2D eigenvalue weighted by atomic mass is 9.78. The van der Waals surface area contributed by atoms with Crippen molar-refractivity contribution in [3.05, 3.63) is 22.7 Å². The Kier molecular flexibility index (Phi) is 3.88. The van der Waals surface area contributed by atoms with E-state index in [1.54, 1.807) is 11.3 Å². The zero-order valence-corrected chi connectivity index (χ0v) is 15.0. The van der Waals surface area contributed by atoms with Gasteiger partial charge in [0, 0.05) is 17.5 Å². The van der Waals surface area contributed by atoms with Crippen LogP contribution in [0.5, 0.6) is 0 Å². The number of nitrogens with one attached hydrogen (secondary N) is 1. The molecule has 3 aliphatic rings. The van der Waals surface area contributed by atoms with Crippen LogP contribution in [0.1, 0.15) is 50.3 Å². The van der Waals surface area contributed by atoms with Gasteiger partial charge in [-0.05, 0) is 61.3 Å². The molecule has 6 heteroatoms. The topological polar surface area (TPSA) is 68.0 Å². The third-order valence-corrected chi connectivity index (χ3v) is 7.20. The second-order valence-corrected chi connectivity index (χ2v) is 8.68. The van der Waals surface area contributed by atoms with Crippen LogP contribution in [0, 0.1) is 23.7 Å². The highest BCUT2D eigenvalue weighted by molar-refractivity contribution is 7.08. The van der Waals surface area contributed by atoms with Crippen LogP contribution in [-0.2, 0) is 4.79 Å². The van der Waals surface area contributed by atoms with Crippen molar-refractivity contribution >= 4 is 17.2 Å². The molecule has 132 valence electrons. The molecule has 0 aliphatic heterocycles. The van der Waals surface area contributed by atoms with Gasteiger partial charge in [0.15, 0.2) is 0 Å². The minimum Gasteiger partial charge on any atom is -0.356 e. The molecule has 2 aromatic rings. The quantitative estimate of drug-likeness (QED) is 0.883. The predicted molar refractivity (Wildman–Crippen MR) is 95.0 cm³/mol. The van der Waals surface area contributed by atoms with Crippen LogP contribution in [-0.4, -0.2) is 22.6 Å². The Balaban J connectivity index is 1.36. The molecule has 0 radical (unpaired) electrons. The molecule has 4 atom stereocenters. The summed E-state index contributed by atoms with van der Waals surface area (Å²) >= 11 is 1.62. The molecule has 25 heavy (non-hydrogen) atoms. The Morgan fingerprint density at radius 3 is 2.92 bits per heavy atom. The fourth-order valence-corrected chi connectivity index (χ4v) is 5.60. The van der Waals surface area contributed by atoms with Crippen LogP contribution in [0.4, 0.5) is 0 Å². The predicted octanol–water partition coefficient (Wildman–Crippen LogP) is 3.84. The lowest BCUT2D eigenvalue weighted by Crippen LogP contribution is -2.40. The van der Waals surface area contributed by atoms with E-state index >= 15 is 0 Å². The lowest BCUT2D eigenvalue weighted by Gasteiger charge is -2.30. The van der Waals surface area contributed by atoms with E-state index in [4.69, 9.17) is 4.52 Å². The van der Waals surface area contributed by atoms with Gasteiger partial charge < -0.3 is 9.84 Å². The number of fused-ring (bicyclic) bond motifs is 2. The number of carbonyl (C=O) groups is 1. The molecule has 0 saturated heterocycles. The monoisotopic (exact) mass is 357 g/mol. The molecule has 3 aliphatic carbocycles. The van der Waals surface area contributed by atoms with Gasteiger partial charge in [-0.15, -0.1) is 0 Å². The third-order valence-electron chi connectivity index (χ3n) is 6.52. The Labute approximate surface area is 151 Å². The van der Waals surface area contributed by atoms with Crippen molar-refractivity contribution in [3.8, 4) is 11.4 Å². The second-order valence-electron chi connectivity index (χ2n) is 7.90. The fraction of sp³-hybridized carbons (Fsp3) is 0.632. The first-order valence-electron chi connectivity index (χ1n) is 9.43. The molecule has 2 aromatic heterocycles. The van der Waals surface area contributed by atoms with Gasteiger partial charge in [-0.1, -0.05) is 11.6 Å². The van der Waals surface area contributed by atoms with Crippen molar-refractivity contribution in [2.75, 3.05) is 6.54 Å². The molecule has 0 unspecified atom stereocenters. The van der Waals surface area contributed by atoms with Crippen molar-refractivity contribution in [2.24, 2.45) is 23.7 Å². The number of amides is 1. The minimum absolute atomic E-state index is 0.00889. The van der Waals surface area contributed by atoms with E-state index in [0.29, 0.717) is 29.5 Å². The zero-order chi connectivity index (χ0) is 16.8. The standard InChI is InChI=1S/C19H23N3O2S/c23-18(20-9-11-2-1-3-11)15-12-4-5-13(8-12)16(15)19-21-17(22-24-19)14-6-7-25-10-14/h6-7,10-13,15-16H,1-5,8-9H2,(H,20,23)/t12-,13+,15-,16-/m0/s1. The van der Waals surface area contributed by atoms with Gasteiger partial charge in [-0.25, -0.2) is 0 Å². The molecule has 1 N–H and O–H groups in total. The molecule has 1 amide bonds. The normalized spacial score (nSPS) is 31.2. The summed E-state index contributed by atoms with van der Waals surface area (Å²) in [5.41, 5.74) is 0.995. The Morgan fingerprint density at radius 2 is 2.16 bits per heavy atom. The Morgan fingerprint density at radius 1 is 1.28 bits per heavy atom. The van der Waals surface area contributed by atoms with E-state index in [0.717, 1.165) is 24.9 Å². The van der Waals surface area contributed by atoms with Gasteiger partial charge in [0.05, 0.1) is 11.8 Å². The molecule has 3 fully saturated rings. The summed E-state index contributed by atoms with van der Waals surface area (Å²) in [6.45, 7) is 0.837. The number of aromatic nitrogens is 2. The van der Waals surface area contributed by atoms with E-state index in [2.05, 4.69) is 15.5 Å². The van der Waals surface area contributed by atoms with Gasteiger partial charge in [-0.2, -0.15) is 16.3 Å². The molecular weight excluding hydrogens is 334 g/mol. The third kappa shape index (κ3) is 2.71. The van der Waals surface area contributed by atoms with Crippen LogP contribution in [0.3, 0.4) is 0 Å². The maximum absolute atomic E-state index is 12.9. The van der Waals surface area contributed by atoms with Crippen LogP contribution >= 0.6 is 11.3 Å². The van der Waals surface area contributed by atoms with Crippen LogP contribution in [0.15, 0.2) is 21.3 Å². The van der Waals surface area contributed by atoms with Crippen molar-refractivity contribution < 1.29 is 9.32 Å². The molecule has 2 bridgehead atoms. The summed E-state index contributed by atoms with van der Waals surface area (Å²) < 4.78 is 5.63. The van der Waals surface area contributed by atoms with Crippen LogP contribution in [0.25, 0.3) is 11.4 Å². The van der Waals surface area contributed by atoms with Gasteiger partial charge in [0.2, 0.25) is 17.6 Å². The van der Waals surface area contributed by atoms with E-state index in [-0.39, 0.29) is 17.7 Å². The zero-order valence-electron chi connectivity index (χ0n) is 14.2. The van der Waals surface area contributed by atoms with Gasteiger partial charge in [-0.3, -0.25) is 4.79 Å². The summed E-state index contributed by atoms with van der Waals surface area (Å²) in [4.78, 5) is 17.6. The molecule has 2 heterocycles. The number of rotatable bonds is 5. The second kappa shape index (κ2) is 6.24. The molecular formula is C19H23N3O2S. The smallest absolute Gasteiger partial charge is 0.231 e. The summed E-state index contributed by atoms with van der Waals surface area (Å²) in [6.07, 6.45) is 7.29. The van der Waals surface area contributed by atoms with Crippen molar-refractivity contribution in [1.82, 2.24) is 15.5 Å². The van der Waals surface area contributed by atoms with Gasteiger partial charge in [0.25, 0.3) is 0 Å². The molecule has 5 rings (SSSR count). The SMILES string of the molecule is O=C(NCC1CCC1)[C@H]1[C@H]2CC[C@H](C2)[C@@H]1c1nc(-c2ccsc2)no1. The number of hydrogen-bond donors (Lipinski definition) is 1. The molecule has 3 saturated carbocycles. The Hall–Kier alpha value is -1.69. The summed E-state index contributed by atoms with van der Waals surface area (Å²) in [6, 6.07) is 2.00. The molecule has 5 nitrogen and oxygen atoms in total. The van der Waals surface area contributed by atoms with E-state index in [1.807, 2.05) is 16.8 Å². The first-order chi connectivity index (χ1) is 12.3. The average Bonchev–Trinajstić information content (AvgIpc) is 3.35. The highest BCUT2D eigenvalue weighted by Crippen LogP contribution is 2.56. The van der Waals surface area contributed by atoms with E-state index in [9.17, 15) is 4.79 Å². The van der Waals surface area contributed by atoms with E-state index < -0.39 is 0 Å². The minimum atomic E-state index is 0.00889. The number of thiophene rings is 1. The Bertz CT molecular complexity index is 753. The van der Waals surface area contributed by atoms with E-state index in [1.165, 1.54) is 25.7 Å². The lowest BCUT2D eigenvalue weighted by molar-refractivity contribution is -0.127. The average molecular weight is 357 g/mol. The van der Waals surface area contributed by atoms with Crippen LogP contribution < -0.4 is 5.32 Å². The first-order valence-corrected chi connectivity index (χ1v) is 10.4.